The lowest BCUT2D eigenvalue weighted by molar-refractivity contribution is 0.557. The van der Waals surface area contributed by atoms with E-state index in [1.165, 1.54) is 51.1 Å². The first-order valence-electron chi connectivity index (χ1n) is 8.30. The zero-order chi connectivity index (χ0) is 15.4. The first-order chi connectivity index (χ1) is 10.2. The number of sulfone groups is 1. The first kappa shape index (κ1) is 18.1. The van der Waals surface area contributed by atoms with E-state index in [2.05, 4.69) is 11.9 Å². The molecule has 0 unspecified atom stereocenters. The van der Waals surface area contributed by atoms with Crippen LogP contribution in [0.5, 0.6) is 0 Å². The number of hydrogen-bond acceptors (Lipinski definition) is 3. The number of hydrogen-bond donors (Lipinski definition) is 0. The van der Waals surface area contributed by atoms with Gasteiger partial charge in [-0.25, -0.2) is 13.4 Å². The summed E-state index contributed by atoms with van der Waals surface area (Å²) in [6, 6.07) is 5.03. The predicted octanol–water partition coefficient (Wildman–Crippen LogP) is 4.78. The largest absolute Gasteiger partial charge is 0.245 e. The highest BCUT2D eigenvalue weighted by molar-refractivity contribution is 7.91. The third-order valence-corrected chi connectivity index (χ3v) is 5.43. The molecule has 0 aliphatic heterocycles. The molecule has 21 heavy (non-hydrogen) atoms. The molecule has 120 valence electrons. The Morgan fingerprint density at radius 2 is 1.43 bits per heavy atom. The van der Waals surface area contributed by atoms with Crippen LogP contribution in [0.1, 0.15) is 71.1 Å². The molecule has 0 N–H and O–H groups in total. The number of aromatic nitrogens is 1. The monoisotopic (exact) mass is 311 g/mol. The van der Waals surface area contributed by atoms with E-state index in [4.69, 9.17) is 0 Å². The molecule has 4 heteroatoms. The van der Waals surface area contributed by atoms with Crippen LogP contribution in [0.4, 0.5) is 0 Å². The summed E-state index contributed by atoms with van der Waals surface area (Å²) in [5.41, 5.74) is 0. The van der Waals surface area contributed by atoms with Gasteiger partial charge in [0.05, 0.1) is 5.75 Å². The third kappa shape index (κ3) is 8.20. The molecule has 0 saturated heterocycles. The van der Waals surface area contributed by atoms with Crippen molar-refractivity contribution < 1.29 is 8.42 Å². The Kier molecular flexibility index (Phi) is 9.31. The Hall–Kier alpha value is -0.900. The second-order valence-electron chi connectivity index (χ2n) is 5.67. The Labute approximate surface area is 130 Å². The maximum atomic E-state index is 12.0. The van der Waals surface area contributed by atoms with Gasteiger partial charge in [-0.2, -0.15) is 0 Å². The molecule has 1 rings (SSSR count). The van der Waals surface area contributed by atoms with Crippen LogP contribution in [0, 0.1) is 0 Å². The summed E-state index contributed by atoms with van der Waals surface area (Å²) in [7, 11) is -3.18. The van der Waals surface area contributed by atoms with Crippen molar-refractivity contribution in [2.45, 2.75) is 76.2 Å². The highest BCUT2D eigenvalue weighted by atomic mass is 32.2. The first-order valence-corrected chi connectivity index (χ1v) is 9.96. The molecule has 0 amide bonds. The van der Waals surface area contributed by atoms with E-state index in [0.717, 1.165) is 19.3 Å². The van der Waals surface area contributed by atoms with E-state index < -0.39 is 9.84 Å². The van der Waals surface area contributed by atoms with Gasteiger partial charge in [0.2, 0.25) is 0 Å². The molecule has 0 radical (unpaired) electrons. The minimum atomic E-state index is -3.18. The molecule has 0 aliphatic rings. The third-order valence-electron chi connectivity index (χ3n) is 3.72. The van der Waals surface area contributed by atoms with Crippen LogP contribution in [0.15, 0.2) is 29.4 Å². The van der Waals surface area contributed by atoms with E-state index >= 15 is 0 Å². The number of unbranched alkanes of at least 4 members (excludes halogenated alkanes) is 9. The van der Waals surface area contributed by atoms with Gasteiger partial charge in [-0.1, -0.05) is 70.8 Å². The minimum absolute atomic E-state index is 0.209. The van der Waals surface area contributed by atoms with E-state index in [9.17, 15) is 8.42 Å². The molecule has 0 bridgehead atoms. The molecule has 1 aromatic rings. The van der Waals surface area contributed by atoms with Gasteiger partial charge in [0.25, 0.3) is 0 Å². The van der Waals surface area contributed by atoms with Crippen molar-refractivity contribution in [1.82, 2.24) is 4.98 Å². The van der Waals surface area contributed by atoms with Crippen molar-refractivity contribution in [1.29, 1.82) is 0 Å². The van der Waals surface area contributed by atoms with Gasteiger partial charge < -0.3 is 0 Å². The van der Waals surface area contributed by atoms with Crippen molar-refractivity contribution >= 4 is 9.84 Å². The van der Waals surface area contributed by atoms with Crippen molar-refractivity contribution in [3.05, 3.63) is 24.4 Å². The molecule has 0 spiro atoms. The van der Waals surface area contributed by atoms with Gasteiger partial charge in [0.1, 0.15) is 0 Å². The second kappa shape index (κ2) is 10.8. The summed E-state index contributed by atoms with van der Waals surface area (Å²) in [6.07, 6.45) is 13.6. The Bertz CT molecular complexity index is 457. The summed E-state index contributed by atoms with van der Waals surface area (Å²) in [5.74, 6) is 0.223. The minimum Gasteiger partial charge on any atom is -0.245 e. The smallest absolute Gasteiger partial charge is 0.195 e. The standard InChI is InChI=1S/C17H29NO2S/c1-2-3-4-5-6-7-8-9-10-13-16-21(19,20)17-14-11-12-15-18-17/h11-12,14-15H,2-10,13,16H2,1H3. The number of rotatable bonds is 12. The summed E-state index contributed by atoms with van der Waals surface area (Å²) in [4.78, 5) is 3.93. The second-order valence-corrected chi connectivity index (χ2v) is 7.72. The fourth-order valence-electron chi connectivity index (χ4n) is 2.42. The van der Waals surface area contributed by atoms with Gasteiger partial charge in [0.15, 0.2) is 14.9 Å². The molecule has 0 fully saturated rings. The maximum absolute atomic E-state index is 12.0. The fraction of sp³-hybridized carbons (Fsp3) is 0.706. The Morgan fingerprint density at radius 1 is 0.857 bits per heavy atom. The topological polar surface area (TPSA) is 47.0 Å². The molecule has 1 aromatic heterocycles. The molecule has 1 heterocycles. The van der Waals surface area contributed by atoms with E-state index in [1.54, 1.807) is 18.2 Å². The number of nitrogens with zero attached hydrogens (tertiary/aromatic N) is 1. The molecule has 0 aliphatic carbocycles. The fourth-order valence-corrected chi connectivity index (χ4v) is 3.72. The van der Waals surface area contributed by atoms with Gasteiger partial charge in [0, 0.05) is 6.20 Å². The zero-order valence-electron chi connectivity index (χ0n) is 13.3. The van der Waals surface area contributed by atoms with Crippen LogP contribution in [-0.2, 0) is 9.84 Å². The van der Waals surface area contributed by atoms with Crippen LogP contribution in [-0.4, -0.2) is 19.2 Å². The van der Waals surface area contributed by atoms with Crippen LogP contribution < -0.4 is 0 Å². The van der Waals surface area contributed by atoms with Gasteiger partial charge in [-0.15, -0.1) is 0 Å². The Morgan fingerprint density at radius 3 is 1.95 bits per heavy atom. The highest BCUT2D eigenvalue weighted by Gasteiger charge is 2.14. The summed E-state index contributed by atoms with van der Waals surface area (Å²) in [6.45, 7) is 2.24. The molecular formula is C17H29NO2S. The Balaban J connectivity index is 2.04. The lowest BCUT2D eigenvalue weighted by Gasteiger charge is -2.04. The quantitative estimate of drug-likeness (QED) is 0.522. The molecule has 0 aromatic carbocycles. The van der Waals surface area contributed by atoms with Crippen molar-refractivity contribution in [2.24, 2.45) is 0 Å². The SMILES string of the molecule is CCCCCCCCCCCCS(=O)(=O)c1ccccn1. The van der Waals surface area contributed by atoms with E-state index in [-0.39, 0.29) is 10.8 Å². The highest BCUT2D eigenvalue weighted by Crippen LogP contribution is 2.13. The average Bonchev–Trinajstić information content (AvgIpc) is 2.50. The summed E-state index contributed by atoms with van der Waals surface area (Å²) >= 11 is 0. The van der Waals surface area contributed by atoms with Gasteiger partial charge >= 0.3 is 0 Å². The van der Waals surface area contributed by atoms with Crippen molar-refractivity contribution in [2.75, 3.05) is 5.75 Å². The van der Waals surface area contributed by atoms with Crippen LogP contribution in [0.2, 0.25) is 0 Å². The normalized spacial score (nSPS) is 11.7. The molecule has 0 atom stereocenters. The average molecular weight is 311 g/mol. The number of pyridine rings is 1. The lowest BCUT2D eigenvalue weighted by Crippen LogP contribution is -2.08. The van der Waals surface area contributed by atoms with Crippen molar-refractivity contribution in [3.63, 3.8) is 0 Å². The van der Waals surface area contributed by atoms with Gasteiger partial charge in [-0.3, -0.25) is 0 Å². The van der Waals surface area contributed by atoms with Crippen LogP contribution in [0.25, 0.3) is 0 Å². The lowest BCUT2D eigenvalue weighted by atomic mass is 10.1. The predicted molar refractivity (Wildman–Crippen MR) is 88.1 cm³/mol. The van der Waals surface area contributed by atoms with E-state index in [0.29, 0.717) is 0 Å². The van der Waals surface area contributed by atoms with Crippen LogP contribution >= 0.6 is 0 Å². The molecule has 3 nitrogen and oxygen atoms in total. The summed E-state index contributed by atoms with van der Waals surface area (Å²) in [5, 5.41) is 0.209. The van der Waals surface area contributed by atoms with Gasteiger partial charge in [-0.05, 0) is 18.6 Å². The maximum Gasteiger partial charge on any atom is 0.195 e. The molecule has 0 saturated carbocycles. The van der Waals surface area contributed by atoms with E-state index in [1.807, 2.05) is 0 Å². The van der Waals surface area contributed by atoms with Crippen molar-refractivity contribution in [3.8, 4) is 0 Å². The van der Waals surface area contributed by atoms with Crippen LogP contribution in [0.3, 0.4) is 0 Å². The zero-order valence-corrected chi connectivity index (χ0v) is 14.1. The summed E-state index contributed by atoms with van der Waals surface area (Å²) < 4.78 is 24.0. The molecular weight excluding hydrogens is 282 g/mol.